The van der Waals surface area contributed by atoms with E-state index in [9.17, 15) is 4.79 Å². The largest absolute Gasteiger partial charge is 0.466 e. The molecule has 1 aliphatic heterocycles. The van der Waals surface area contributed by atoms with Crippen LogP contribution in [0, 0.1) is 11.3 Å². The van der Waals surface area contributed by atoms with Gasteiger partial charge in [0.2, 0.25) is 0 Å². The lowest BCUT2D eigenvalue weighted by Crippen LogP contribution is -2.17. The summed E-state index contributed by atoms with van der Waals surface area (Å²) in [6.07, 6.45) is 1.97. The van der Waals surface area contributed by atoms with E-state index in [0.717, 1.165) is 19.4 Å². The van der Waals surface area contributed by atoms with Crippen molar-refractivity contribution >= 4 is 5.97 Å². The number of ether oxygens (including phenoxy) is 2. The Morgan fingerprint density at radius 2 is 2.22 bits per heavy atom. The Labute approximate surface area is 107 Å². The molecule has 1 saturated heterocycles. The Morgan fingerprint density at radius 3 is 2.94 bits per heavy atom. The maximum Gasteiger partial charge on any atom is 0.312 e. The quantitative estimate of drug-likeness (QED) is 0.764. The summed E-state index contributed by atoms with van der Waals surface area (Å²) in [5.41, 5.74) is 1.29. The molecule has 0 bridgehead atoms. The van der Waals surface area contributed by atoms with E-state index in [4.69, 9.17) is 9.47 Å². The van der Waals surface area contributed by atoms with Gasteiger partial charge < -0.3 is 9.47 Å². The molecule has 0 aromatic heterocycles. The lowest BCUT2D eigenvalue weighted by molar-refractivity contribution is -0.147. The Bertz CT molecular complexity index is 442. The van der Waals surface area contributed by atoms with Gasteiger partial charge in [-0.05, 0) is 25.3 Å². The summed E-state index contributed by atoms with van der Waals surface area (Å²) >= 11 is 0. The highest BCUT2D eigenvalue weighted by Crippen LogP contribution is 2.63. The lowest BCUT2D eigenvalue weighted by Gasteiger charge is -2.13. The zero-order valence-electron chi connectivity index (χ0n) is 10.6. The van der Waals surface area contributed by atoms with E-state index in [2.05, 4.69) is 12.1 Å². The minimum Gasteiger partial charge on any atom is -0.466 e. The van der Waals surface area contributed by atoms with E-state index in [-0.39, 0.29) is 23.4 Å². The van der Waals surface area contributed by atoms with Crippen molar-refractivity contribution in [3.63, 3.8) is 0 Å². The van der Waals surface area contributed by atoms with Crippen LogP contribution in [-0.2, 0) is 20.7 Å². The third-order valence-corrected chi connectivity index (χ3v) is 4.16. The van der Waals surface area contributed by atoms with E-state index in [1.807, 2.05) is 25.1 Å². The third-order valence-electron chi connectivity index (χ3n) is 4.16. The molecule has 1 aliphatic carbocycles. The molecule has 1 saturated carbocycles. The van der Waals surface area contributed by atoms with Gasteiger partial charge in [0.1, 0.15) is 0 Å². The first kappa shape index (κ1) is 11.7. The molecule has 0 spiro atoms. The zero-order chi connectivity index (χ0) is 12.6. The van der Waals surface area contributed by atoms with Gasteiger partial charge in [-0.15, -0.1) is 0 Å². The molecule has 1 aromatic carbocycles. The maximum atomic E-state index is 11.9. The smallest absolute Gasteiger partial charge is 0.312 e. The number of hydrogen-bond donors (Lipinski definition) is 0. The van der Waals surface area contributed by atoms with Crippen molar-refractivity contribution in [1.29, 1.82) is 0 Å². The molecule has 0 unspecified atom stereocenters. The molecule has 1 aromatic rings. The molecule has 1 heterocycles. The second kappa shape index (κ2) is 4.39. The SMILES string of the molecule is CCOC(=O)[C@@H]1[C@H]2OCC[C@@]21Cc1ccccc1. The van der Waals surface area contributed by atoms with Crippen molar-refractivity contribution in [3.05, 3.63) is 35.9 Å². The van der Waals surface area contributed by atoms with Crippen LogP contribution < -0.4 is 0 Å². The Hall–Kier alpha value is -1.35. The molecular weight excluding hydrogens is 228 g/mol. The highest BCUT2D eigenvalue weighted by molar-refractivity contribution is 5.79. The Balaban J connectivity index is 1.75. The number of esters is 1. The molecule has 96 valence electrons. The van der Waals surface area contributed by atoms with Gasteiger partial charge in [-0.3, -0.25) is 4.79 Å². The van der Waals surface area contributed by atoms with Crippen molar-refractivity contribution in [2.45, 2.75) is 25.9 Å². The van der Waals surface area contributed by atoms with E-state index in [1.165, 1.54) is 5.56 Å². The van der Waals surface area contributed by atoms with Crippen LogP contribution >= 0.6 is 0 Å². The predicted octanol–water partition coefficient (Wildman–Crippen LogP) is 2.20. The van der Waals surface area contributed by atoms with Crippen LogP contribution in [0.25, 0.3) is 0 Å². The standard InChI is InChI=1S/C15H18O3/c1-2-17-14(16)12-13-15(12,8-9-18-13)10-11-6-4-3-5-7-11/h3-7,12-13H,2,8-10H2,1H3/t12-,13+,15-/m0/s1. The summed E-state index contributed by atoms with van der Waals surface area (Å²) in [5.74, 6) is -0.135. The average molecular weight is 246 g/mol. The zero-order valence-corrected chi connectivity index (χ0v) is 10.6. The number of carbonyl (C=O) groups is 1. The van der Waals surface area contributed by atoms with Gasteiger partial charge in [0.25, 0.3) is 0 Å². The highest BCUT2D eigenvalue weighted by atomic mass is 16.5. The first-order valence-corrected chi connectivity index (χ1v) is 6.60. The molecule has 3 nitrogen and oxygen atoms in total. The van der Waals surface area contributed by atoms with Gasteiger partial charge in [0.15, 0.2) is 0 Å². The summed E-state index contributed by atoms with van der Waals surface area (Å²) in [5, 5.41) is 0. The average Bonchev–Trinajstić information content (AvgIpc) is 2.79. The fraction of sp³-hybridized carbons (Fsp3) is 0.533. The number of rotatable bonds is 4. The Morgan fingerprint density at radius 1 is 1.44 bits per heavy atom. The molecule has 3 heteroatoms. The number of hydrogen-bond acceptors (Lipinski definition) is 3. The second-order valence-electron chi connectivity index (χ2n) is 5.17. The van der Waals surface area contributed by atoms with Gasteiger partial charge in [0, 0.05) is 12.0 Å². The van der Waals surface area contributed by atoms with Crippen LogP contribution in [0.1, 0.15) is 18.9 Å². The van der Waals surface area contributed by atoms with Crippen LogP contribution in [0.15, 0.2) is 30.3 Å². The Kier molecular flexibility index (Phi) is 2.86. The van der Waals surface area contributed by atoms with Gasteiger partial charge in [-0.1, -0.05) is 30.3 Å². The van der Waals surface area contributed by atoms with Crippen LogP contribution in [-0.4, -0.2) is 25.3 Å². The van der Waals surface area contributed by atoms with E-state index in [0.29, 0.717) is 6.61 Å². The number of fused-ring (bicyclic) bond motifs is 1. The van der Waals surface area contributed by atoms with Crippen LogP contribution in [0.3, 0.4) is 0 Å². The van der Waals surface area contributed by atoms with Gasteiger partial charge >= 0.3 is 5.97 Å². The molecule has 3 atom stereocenters. The number of carbonyl (C=O) groups excluding carboxylic acids is 1. The molecule has 2 fully saturated rings. The fourth-order valence-electron chi connectivity index (χ4n) is 3.25. The second-order valence-corrected chi connectivity index (χ2v) is 5.17. The minimum atomic E-state index is -0.0851. The van der Waals surface area contributed by atoms with Crippen molar-refractivity contribution in [2.24, 2.45) is 11.3 Å². The molecule has 3 rings (SSSR count). The molecule has 0 N–H and O–H groups in total. The predicted molar refractivity (Wildman–Crippen MR) is 67.1 cm³/mol. The lowest BCUT2D eigenvalue weighted by atomic mass is 9.91. The van der Waals surface area contributed by atoms with Gasteiger partial charge in [-0.25, -0.2) is 0 Å². The summed E-state index contributed by atoms with van der Waals surface area (Å²) in [6, 6.07) is 10.3. The molecule has 0 amide bonds. The summed E-state index contributed by atoms with van der Waals surface area (Å²) < 4.78 is 10.8. The third kappa shape index (κ3) is 1.74. The van der Waals surface area contributed by atoms with Crippen molar-refractivity contribution in [3.8, 4) is 0 Å². The molecule has 2 aliphatic rings. The van der Waals surface area contributed by atoms with Gasteiger partial charge in [0.05, 0.1) is 18.6 Å². The van der Waals surface area contributed by atoms with Crippen molar-refractivity contribution in [2.75, 3.05) is 13.2 Å². The highest BCUT2D eigenvalue weighted by Gasteiger charge is 2.72. The minimum absolute atomic E-state index is 0.00755. The maximum absolute atomic E-state index is 11.9. The van der Waals surface area contributed by atoms with Crippen LogP contribution in [0.2, 0.25) is 0 Å². The van der Waals surface area contributed by atoms with Gasteiger partial charge in [-0.2, -0.15) is 0 Å². The summed E-state index contributed by atoms with van der Waals surface area (Å²) in [4.78, 5) is 11.9. The first-order valence-electron chi connectivity index (χ1n) is 6.60. The molecule has 18 heavy (non-hydrogen) atoms. The fourth-order valence-corrected chi connectivity index (χ4v) is 3.25. The normalized spacial score (nSPS) is 32.9. The number of benzene rings is 1. The van der Waals surface area contributed by atoms with E-state index >= 15 is 0 Å². The molecule has 0 radical (unpaired) electrons. The van der Waals surface area contributed by atoms with Crippen molar-refractivity contribution in [1.82, 2.24) is 0 Å². The van der Waals surface area contributed by atoms with Crippen molar-refractivity contribution < 1.29 is 14.3 Å². The first-order chi connectivity index (χ1) is 8.78. The monoisotopic (exact) mass is 246 g/mol. The van der Waals surface area contributed by atoms with Crippen LogP contribution in [0.4, 0.5) is 0 Å². The van der Waals surface area contributed by atoms with Crippen LogP contribution in [0.5, 0.6) is 0 Å². The molecular formula is C15H18O3. The summed E-state index contributed by atoms with van der Waals surface area (Å²) in [7, 11) is 0. The topological polar surface area (TPSA) is 35.5 Å². The van der Waals surface area contributed by atoms with E-state index in [1.54, 1.807) is 0 Å². The van der Waals surface area contributed by atoms with E-state index < -0.39 is 0 Å². The summed E-state index contributed by atoms with van der Waals surface area (Å²) in [6.45, 7) is 3.07.